The summed E-state index contributed by atoms with van der Waals surface area (Å²) in [6, 6.07) is 5.32. The molecule has 164 valence electrons. The molecule has 1 saturated heterocycles. The van der Waals surface area contributed by atoms with Gasteiger partial charge in [-0.05, 0) is 24.6 Å². The fraction of sp³-hybridized carbons (Fsp3) is 0.273. The number of aromatic nitrogens is 5. The Morgan fingerprint density at radius 2 is 2.12 bits per heavy atom. The number of nitrogens with zero attached hydrogens (tertiary/aromatic N) is 5. The summed E-state index contributed by atoms with van der Waals surface area (Å²) in [5.74, 6) is 0.303. The van der Waals surface area contributed by atoms with Gasteiger partial charge in [0.2, 0.25) is 0 Å². The van der Waals surface area contributed by atoms with Crippen LogP contribution in [0.25, 0.3) is 28.3 Å². The summed E-state index contributed by atoms with van der Waals surface area (Å²) in [4.78, 5) is 22.2. The van der Waals surface area contributed by atoms with Gasteiger partial charge in [-0.15, -0.1) is 0 Å². The number of carbonyl (C=O) groups is 1. The molecule has 1 aliphatic heterocycles. The first kappa shape index (κ1) is 20.2. The molecule has 0 spiro atoms. The average molecular weight is 433 g/mol. The van der Waals surface area contributed by atoms with Gasteiger partial charge < -0.3 is 20.5 Å². The summed E-state index contributed by atoms with van der Waals surface area (Å²) < 4.78 is 8.75. The van der Waals surface area contributed by atoms with Crippen LogP contribution >= 0.6 is 0 Å². The maximum absolute atomic E-state index is 12.9. The van der Waals surface area contributed by atoms with Crippen LogP contribution in [0.5, 0.6) is 0 Å². The van der Waals surface area contributed by atoms with Crippen LogP contribution in [0.15, 0.2) is 43.4 Å². The number of nitrogens with one attached hydrogen (secondary N) is 2. The SMILES string of the molecule is C=C(C)c1ccc(-c2cc(NC)n3ncc(C(=O)NC4COC[C@H]4O)c3n2)n2ccnc12. The van der Waals surface area contributed by atoms with Gasteiger partial charge in [0.25, 0.3) is 5.91 Å². The maximum Gasteiger partial charge on any atom is 0.257 e. The van der Waals surface area contributed by atoms with Crippen molar-refractivity contribution >= 4 is 28.6 Å². The molecule has 1 fully saturated rings. The van der Waals surface area contributed by atoms with E-state index in [1.165, 1.54) is 6.20 Å². The fourth-order valence-electron chi connectivity index (χ4n) is 3.92. The second kappa shape index (κ2) is 7.74. The highest BCUT2D eigenvalue weighted by Gasteiger charge is 2.29. The molecule has 1 unspecified atom stereocenters. The zero-order valence-corrected chi connectivity index (χ0v) is 17.7. The number of rotatable bonds is 5. The molecule has 0 saturated carbocycles. The van der Waals surface area contributed by atoms with E-state index >= 15 is 0 Å². The first-order valence-corrected chi connectivity index (χ1v) is 10.2. The highest BCUT2D eigenvalue weighted by Crippen LogP contribution is 2.27. The quantitative estimate of drug-likeness (QED) is 0.438. The predicted octanol–water partition coefficient (Wildman–Crippen LogP) is 1.61. The minimum absolute atomic E-state index is 0.201. The molecule has 2 atom stereocenters. The lowest BCUT2D eigenvalue weighted by Gasteiger charge is -2.14. The van der Waals surface area contributed by atoms with Crippen molar-refractivity contribution in [3.8, 4) is 11.4 Å². The van der Waals surface area contributed by atoms with Crippen LogP contribution in [-0.4, -0.2) is 67.4 Å². The Morgan fingerprint density at radius 1 is 1.28 bits per heavy atom. The van der Waals surface area contributed by atoms with Gasteiger partial charge in [0.05, 0.1) is 42.9 Å². The molecular weight excluding hydrogens is 410 g/mol. The van der Waals surface area contributed by atoms with Gasteiger partial charge in [-0.1, -0.05) is 6.58 Å². The zero-order chi connectivity index (χ0) is 22.4. The van der Waals surface area contributed by atoms with E-state index in [1.807, 2.05) is 35.7 Å². The van der Waals surface area contributed by atoms with Gasteiger partial charge in [-0.3, -0.25) is 9.20 Å². The van der Waals surface area contributed by atoms with Gasteiger partial charge >= 0.3 is 0 Å². The second-order valence-corrected chi connectivity index (χ2v) is 7.79. The number of amides is 1. The highest BCUT2D eigenvalue weighted by molar-refractivity contribution is 6.00. The Morgan fingerprint density at radius 3 is 2.84 bits per heavy atom. The van der Waals surface area contributed by atoms with Crippen molar-refractivity contribution in [3.63, 3.8) is 0 Å². The van der Waals surface area contributed by atoms with E-state index in [4.69, 9.17) is 9.72 Å². The van der Waals surface area contributed by atoms with Crippen LogP contribution in [0.4, 0.5) is 5.82 Å². The van der Waals surface area contributed by atoms with Crippen LogP contribution in [0.3, 0.4) is 0 Å². The van der Waals surface area contributed by atoms with E-state index in [9.17, 15) is 9.90 Å². The van der Waals surface area contributed by atoms with Crippen LogP contribution < -0.4 is 10.6 Å². The number of aliphatic hydroxyl groups is 1. The number of hydrogen-bond acceptors (Lipinski definition) is 7. The molecule has 5 rings (SSSR count). The van der Waals surface area contributed by atoms with Gasteiger partial charge in [0.15, 0.2) is 5.65 Å². The maximum atomic E-state index is 12.9. The van der Waals surface area contributed by atoms with Gasteiger partial charge in [0, 0.05) is 31.1 Å². The molecule has 3 N–H and O–H groups in total. The van der Waals surface area contributed by atoms with Crippen LogP contribution in [-0.2, 0) is 4.74 Å². The fourth-order valence-corrected chi connectivity index (χ4v) is 3.92. The Bertz CT molecular complexity index is 1360. The molecule has 4 aromatic heterocycles. The number of hydrogen-bond donors (Lipinski definition) is 3. The topological polar surface area (TPSA) is 118 Å². The summed E-state index contributed by atoms with van der Waals surface area (Å²) >= 11 is 0. The lowest BCUT2D eigenvalue weighted by molar-refractivity contribution is 0.0888. The lowest BCUT2D eigenvalue weighted by atomic mass is 10.1. The largest absolute Gasteiger partial charge is 0.388 e. The van der Waals surface area contributed by atoms with Gasteiger partial charge in [-0.25, -0.2) is 9.97 Å². The molecule has 1 amide bonds. The second-order valence-electron chi connectivity index (χ2n) is 7.79. The van der Waals surface area contributed by atoms with Crippen molar-refractivity contribution in [2.24, 2.45) is 0 Å². The van der Waals surface area contributed by atoms with E-state index in [0.717, 1.165) is 22.5 Å². The van der Waals surface area contributed by atoms with Crippen molar-refractivity contribution in [2.45, 2.75) is 19.1 Å². The van der Waals surface area contributed by atoms with Crippen LogP contribution in [0.1, 0.15) is 22.8 Å². The summed E-state index contributed by atoms with van der Waals surface area (Å²) in [5.41, 5.74) is 4.82. The van der Waals surface area contributed by atoms with E-state index in [1.54, 1.807) is 17.8 Å². The highest BCUT2D eigenvalue weighted by atomic mass is 16.5. The van der Waals surface area contributed by atoms with Crippen LogP contribution in [0, 0.1) is 0 Å². The molecular formula is C22H23N7O3. The summed E-state index contributed by atoms with van der Waals surface area (Å²) in [6.45, 7) is 6.44. The van der Waals surface area contributed by atoms with Gasteiger partial charge in [-0.2, -0.15) is 9.61 Å². The third kappa shape index (κ3) is 3.20. The Hall–Kier alpha value is -3.76. The van der Waals surface area contributed by atoms with Crippen molar-refractivity contribution in [1.82, 2.24) is 29.3 Å². The molecule has 0 aliphatic carbocycles. The minimum Gasteiger partial charge on any atom is -0.388 e. The van der Waals surface area contributed by atoms with Crippen molar-refractivity contribution in [3.05, 3.63) is 54.5 Å². The van der Waals surface area contributed by atoms with Crippen molar-refractivity contribution in [1.29, 1.82) is 0 Å². The normalized spacial score (nSPS) is 18.3. The van der Waals surface area contributed by atoms with E-state index in [-0.39, 0.29) is 19.1 Å². The first-order valence-electron chi connectivity index (χ1n) is 10.2. The van der Waals surface area contributed by atoms with E-state index < -0.39 is 12.1 Å². The van der Waals surface area contributed by atoms with Gasteiger partial charge in [0.1, 0.15) is 17.0 Å². The number of imidazole rings is 1. The molecule has 4 aromatic rings. The third-order valence-corrected chi connectivity index (χ3v) is 5.61. The molecule has 1 aliphatic rings. The van der Waals surface area contributed by atoms with Crippen molar-refractivity contribution in [2.75, 3.05) is 25.6 Å². The molecule has 0 aromatic carbocycles. The average Bonchev–Trinajstić information content (AvgIpc) is 3.52. The molecule has 10 nitrogen and oxygen atoms in total. The monoisotopic (exact) mass is 433 g/mol. The standard InChI is InChI=1S/C22H23N7O3/c1-12(2)13-4-5-17(28-7-6-24-20(13)28)15-8-19(23-3)29-21(26-15)14(9-25-29)22(31)27-16-10-32-11-18(16)30/h4-9,16,18,23,30H,1,10-11H2,2-3H3,(H,27,31)/t16?,18-/m1/s1. The van der Waals surface area contributed by atoms with E-state index in [2.05, 4.69) is 27.3 Å². The zero-order valence-electron chi connectivity index (χ0n) is 17.7. The molecule has 10 heteroatoms. The molecule has 0 radical (unpaired) electrons. The third-order valence-electron chi connectivity index (χ3n) is 5.61. The lowest BCUT2D eigenvalue weighted by Crippen LogP contribution is -2.42. The number of pyridine rings is 1. The molecule has 32 heavy (non-hydrogen) atoms. The van der Waals surface area contributed by atoms with E-state index in [0.29, 0.717) is 22.7 Å². The number of allylic oxidation sites excluding steroid dienone is 1. The number of ether oxygens (including phenoxy) is 1. The first-order chi connectivity index (χ1) is 15.5. The number of anilines is 1. The van der Waals surface area contributed by atoms with Crippen molar-refractivity contribution < 1.29 is 14.6 Å². The Labute approximate surface area is 183 Å². The summed E-state index contributed by atoms with van der Waals surface area (Å²) in [7, 11) is 1.78. The Balaban J connectivity index is 1.63. The number of fused-ring (bicyclic) bond motifs is 2. The summed E-state index contributed by atoms with van der Waals surface area (Å²) in [6.07, 6.45) is 4.34. The molecule has 0 bridgehead atoms. The smallest absolute Gasteiger partial charge is 0.257 e. The van der Waals surface area contributed by atoms with Crippen LogP contribution in [0.2, 0.25) is 0 Å². The Kier molecular flexibility index (Phi) is 4.87. The number of aliphatic hydroxyl groups excluding tert-OH is 1. The minimum atomic E-state index is -0.737. The number of carbonyl (C=O) groups excluding carboxylic acids is 1. The predicted molar refractivity (Wildman–Crippen MR) is 120 cm³/mol. The summed E-state index contributed by atoms with van der Waals surface area (Å²) in [5, 5.41) is 20.2. The molecule has 5 heterocycles.